The number of amides is 2. The maximum Gasteiger partial charge on any atom is 0.264 e. The maximum atomic E-state index is 14.1. The van der Waals surface area contributed by atoms with E-state index in [9.17, 15) is 18.0 Å². The van der Waals surface area contributed by atoms with E-state index in [4.69, 9.17) is 11.6 Å². The van der Waals surface area contributed by atoms with Gasteiger partial charge in [-0.05, 0) is 81.1 Å². The lowest BCUT2D eigenvalue weighted by atomic mass is 10.1. The number of aryl methyl sites for hydroxylation is 2. The molecule has 1 N–H and O–H groups in total. The van der Waals surface area contributed by atoms with Crippen LogP contribution in [0.2, 0.25) is 5.02 Å². The molecule has 218 valence electrons. The highest BCUT2D eigenvalue weighted by atomic mass is 79.9. The summed E-state index contributed by atoms with van der Waals surface area (Å²) in [5.74, 6) is -0.758. The second-order valence-electron chi connectivity index (χ2n) is 10.6. The zero-order valence-corrected chi connectivity index (χ0v) is 26.6. The fourth-order valence-corrected chi connectivity index (χ4v) is 6.86. The van der Waals surface area contributed by atoms with Crippen LogP contribution < -0.4 is 9.62 Å². The van der Waals surface area contributed by atoms with Crippen molar-refractivity contribution in [2.24, 2.45) is 0 Å². The average molecular weight is 661 g/mol. The van der Waals surface area contributed by atoms with E-state index >= 15 is 0 Å². The molecule has 0 heterocycles. The van der Waals surface area contributed by atoms with Gasteiger partial charge in [-0.25, -0.2) is 8.42 Å². The van der Waals surface area contributed by atoms with E-state index in [1.165, 1.54) is 17.0 Å². The molecule has 0 spiro atoms. The number of sulfonamides is 1. The summed E-state index contributed by atoms with van der Waals surface area (Å²) in [5, 5.41) is 3.43. The number of hydrogen-bond donors (Lipinski definition) is 1. The Bertz CT molecular complexity index is 1490. The first-order valence-electron chi connectivity index (χ1n) is 13.7. The van der Waals surface area contributed by atoms with E-state index in [-0.39, 0.29) is 23.4 Å². The van der Waals surface area contributed by atoms with E-state index in [1.54, 1.807) is 44.2 Å². The van der Waals surface area contributed by atoms with Gasteiger partial charge in [0, 0.05) is 22.1 Å². The molecule has 1 aliphatic carbocycles. The molecule has 7 nitrogen and oxygen atoms in total. The molecule has 1 saturated carbocycles. The lowest BCUT2D eigenvalue weighted by molar-refractivity contribution is -0.139. The van der Waals surface area contributed by atoms with E-state index < -0.39 is 28.5 Å². The van der Waals surface area contributed by atoms with E-state index in [0.29, 0.717) is 16.3 Å². The van der Waals surface area contributed by atoms with Crippen molar-refractivity contribution in [2.75, 3.05) is 10.8 Å². The van der Waals surface area contributed by atoms with Crippen molar-refractivity contribution in [1.82, 2.24) is 10.2 Å². The Morgan fingerprint density at radius 2 is 1.63 bits per heavy atom. The van der Waals surface area contributed by atoms with Crippen LogP contribution in [0.25, 0.3) is 0 Å². The van der Waals surface area contributed by atoms with Crippen molar-refractivity contribution in [2.45, 2.75) is 70.0 Å². The molecule has 41 heavy (non-hydrogen) atoms. The van der Waals surface area contributed by atoms with Crippen molar-refractivity contribution in [3.8, 4) is 0 Å². The highest BCUT2D eigenvalue weighted by Crippen LogP contribution is 2.30. The first kappa shape index (κ1) is 31.1. The average Bonchev–Trinajstić information content (AvgIpc) is 3.45. The Morgan fingerprint density at radius 3 is 2.27 bits per heavy atom. The first-order chi connectivity index (χ1) is 19.5. The number of benzene rings is 3. The van der Waals surface area contributed by atoms with Crippen LogP contribution in [0, 0.1) is 13.8 Å². The van der Waals surface area contributed by atoms with Crippen molar-refractivity contribution >= 4 is 55.1 Å². The van der Waals surface area contributed by atoms with Gasteiger partial charge in [0.2, 0.25) is 11.8 Å². The lowest BCUT2D eigenvalue weighted by Crippen LogP contribution is -2.52. The van der Waals surface area contributed by atoms with Gasteiger partial charge in [0.25, 0.3) is 10.0 Å². The minimum Gasteiger partial charge on any atom is -0.352 e. The van der Waals surface area contributed by atoms with Crippen LogP contribution in [0.15, 0.2) is 76.1 Å². The molecule has 1 unspecified atom stereocenters. The quantitative estimate of drug-likeness (QED) is 0.273. The Labute approximate surface area is 256 Å². The van der Waals surface area contributed by atoms with Crippen molar-refractivity contribution in [3.63, 3.8) is 0 Å². The van der Waals surface area contributed by atoms with Gasteiger partial charge in [0.05, 0.1) is 10.6 Å². The fourth-order valence-electron chi connectivity index (χ4n) is 4.96. The van der Waals surface area contributed by atoms with Gasteiger partial charge >= 0.3 is 0 Å². The number of nitrogens with zero attached hydrogens (tertiary/aromatic N) is 2. The molecule has 1 atom stereocenters. The largest absolute Gasteiger partial charge is 0.352 e. The number of rotatable bonds is 10. The second kappa shape index (κ2) is 13.4. The van der Waals surface area contributed by atoms with Crippen LogP contribution in [-0.2, 0) is 26.2 Å². The smallest absolute Gasteiger partial charge is 0.264 e. The Morgan fingerprint density at radius 1 is 1.00 bits per heavy atom. The van der Waals surface area contributed by atoms with Gasteiger partial charge in [0.15, 0.2) is 0 Å². The molecule has 0 aliphatic heterocycles. The normalized spacial score (nSPS) is 14.5. The molecular weight excluding hydrogens is 626 g/mol. The third-order valence-electron chi connectivity index (χ3n) is 7.46. The number of hydrogen-bond acceptors (Lipinski definition) is 4. The van der Waals surface area contributed by atoms with E-state index in [0.717, 1.165) is 45.6 Å². The van der Waals surface area contributed by atoms with Crippen LogP contribution in [0.3, 0.4) is 0 Å². The zero-order valence-electron chi connectivity index (χ0n) is 23.4. The van der Waals surface area contributed by atoms with Gasteiger partial charge in [0.1, 0.15) is 12.6 Å². The minimum absolute atomic E-state index is 0.0572. The summed E-state index contributed by atoms with van der Waals surface area (Å²) < 4.78 is 30.0. The third-order valence-corrected chi connectivity index (χ3v) is 10.0. The molecule has 0 bridgehead atoms. The van der Waals surface area contributed by atoms with Crippen molar-refractivity contribution in [1.29, 1.82) is 0 Å². The van der Waals surface area contributed by atoms with Gasteiger partial charge in [-0.15, -0.1) is 0 Å². The highest BCUT2D eigenvalue weighted by molar-refractivity contribution is 9.10. The summed E-state index contributed by atoms with van der Waals surface area (Å²) in [7, 11) is -4.16. The first-order valence-corrected chi connectivity index (χ1v) is 16.3. The molecule has 10 heteroatoms. The fraction of sp³-hybridized carbons (Fsp3) is 0.355. The summed E-state index contributed by atoms with van der Waals surface area (Å²) in [6.45, 7) is 4.96. The molecule has 2 amide bonds. The summed E-state index contributed by atoms with van der Waals surface area (Å²) in [6, 6.07) is 18.2. The molecule has 4 rings (SSSR count). The van der Waals surface area contributed by atoms with Gasteiger partial charge in [-0.2, -0.15) is 0 Å². The monoisotopic (exact) mass is 659 g/mol. The van der Waals surface area contributed by atoms with Gasteiger partial charge in [-0.3, -0.25) is 13.9 Å². The summed E-state index contributed by atoms with van der Waals surface area (Å²) in [5.41, 5.74) is 2.67. The predicted octanol–water partition coefficient (Wildman–Crippen LogP) is 6.39. The SMILES string of the molecule is Cc1ccc(S(=O)(=O)N(CC(=O)N(Cc2ccc(Br)cc2)C(C)C(=O)NC2CCCC2)c2cc(Cl)ccc2C)cc1. The van der Waals surface area contributed by atoms with E-state index in [1.807, 2.05) is 31.2 Å². The molecule has 0 saturated heterocycles. The van der Waals surface area contributed by atoms with Crippen LogP contribution in [0.4, 0.5) is 5.69 Å². The van der Waals surface area contributed by atoms with Crippen LogP contribution >= 0.6 is 27.5 Å². The molecule has 0 aromatic heterocycles. The minimum atomic E-state index is -4.16. The number of halogens is 2. The predicted molar refractivity (Wildman–Crippen MR) is 166 cm³/mol. The van der Waals surface area contributed by atoms with Gasteiger partial charge < -0.3 is 10.2 Å². The second-order valence-corrected chi connectivity index (χ2v) is 13.8. The Hall–Kier alpha value is -2.88. The third kappa shape index (κ3) is 7.70. The van der Waals surface area contributed by atoms with Crippen LogP contribution in [-0.4, -0.2) is 43.8 Å². The molecule has 1 fully saturated rings. The molecule has 3 aromatic carbocycles. The Balaban J connectivity index is 1.71. The van der Waals surface area contributed by atoms with Crippen LogP contribution in [0.5, 0.6) is 0 Å². The topological polar surface area (TPSA) is 86.8 Å². The molecule has 0 radical (unpaired) electrons. The van der Waals surface area contributed by atoms with Crippen molar-refractivity contribution in [3.05, 3.63) is 92.9 Å². The molecule has 3 aromatic rings. The summed E-state index contributed by atoms with van der Waals surface area (Å²) in [6.07, 6.45) is 3.95. The summed E-state index contributed by atoms with van der Waals surface area (Å²) in [4.78, 5) is 28.9. The maximum absolute atomic E-state index is 14.1. The van der Waals surface area contributed by atoms with Crippen LogP contribution in [0.1, 0.15) is 49.3 Å². The number of nitrogens with one attached hydrogen (secondary N) is 1. The van der Waals surface area contributed by atoms with E-state index in [2.05, 4.69) is 21.2 Å². The van der Waals surface area contributed by atoms with Crippen molar-refractivity contribution < 1.29 is 18.0 Å². The molecular formula is C31H35BrClN3O4S. The standard InChI is InChI=1S/C31H35BrClN3O4S/c1-21-8-16-28(17-9-21)41(39,40)36(29-18-26(33)15-10-22(29)2)20-30(37)35(19-24-11-13-25(32)14-12-24)23(3)31(38)34-27-6-4-5-7-27/h8-18,23,27H,4-7,19-20H2,1-3H3,(H,34,38). The summed E-state index contributed by atoms with van der Waals surface area (Å²) >= 11 is 9.73. The number of anilines is 1. The highest BCUT2D eigenvalue weighted by Gasteiger charge is 2.34. The number of carbonyl (C=O) groups is 2. The zero-order chi connectivity index (χ0) is 29.7. The Kier molecular flexibility index (Phi) is 10.2. The number of carbonyl (C=O) groups excluding carboxylic acids is 2. The molecule has 1 aliphatic rings. The lowest BCUT2D eigenvalue weighted by Gasteiger charge is -2.33. The van der Waals surface area contributed by atoms with Gasteiger partial charge in [-0.1, -0.05) is 76.3 Å².